The number of rotatable bonds is 3. The Bertz CT molecular complexity index is 323. The summed E-state index contributed by atoms with van der Waals surface area (Å²) in [5.74, 6) is 0.678. The molecule has 0 aromatic heterocycles. The zero-order valence-corrected chi connectivity index (χ0v) is 13.1. The van der Waals surface area contributed by atoms with Crippen molar-refractivity contribution in [3.63, 3.8) is 0 Å². The molecule has 110 valence electrons. The van der Waals surface area contributed by atoms with E-state index in [9.17, 15) is 4.79 Å². The van der Waals surface area contributed by atoms with Crippen molar-refractivity contribution < 1.29 is 4.79 Å². The molecule has 0 heterocycles. The summed E-state index contributed by atoms with van der Waals surface area (Å²) in [6.07, 6.45) is 11.0. The van der Waals surface area contributed by atoms with Crippen LogP contribution in [-0.4, -0.2) is 29.0 Å². The topological polar surface area (TPSA) is 55.1 Å². The average Bonchev–Trinajstić information content (AvgIpc) is 2.39. The third kappa shape index (κ3) is 3.66. The van der Waals surface area contributed by atoms with Crippen molar-refractivity contribution in [1.29, 1.82) is 0 Å². The molecule has 0 saturated heterocycles. The van der Waals surface area contributed by atoms with Crippen LogP contribution in [0.15, 0.2) is 0 Å². The van der Waals surface area contributed by atoms with E-state index in [0.29, 0.717) is 17.2 Å². The molecule has 0 aromatic rings. The number of carbonyl (C=O) groups is 1. The monoisotopic (exact) mass is 284 g/mol. The van der Waals surface area contributed by atoms with Gasteiger partial charge in [-0.15, -0.1) is 0 Å². The Morgan fingerprint density at radius 3 is 2.68 bits per heavy atom. The first-order valence-electron chi connectivity index (χ1n) is 7.68. The largest absolute Gasteiger partial charge is 0.351 e. The van der Waals surface area contributed by atoms with Gasteiger partial charge in [-0.2, -0.15) is 11.8 Å². The molecule has 2 saturated carbocycles. The molecule has 4 atom stereocenters. The van der Waals surface area contributed by atoms with Gasteiger partial charge in [0.2, 0.25) is 5.91 Å². The summed E-state index contributed by atoms with van der Waals surface area (Å²) in [4.78, 5) is 12.5. The lowest BCUT2D eigenvalue weighted by molar-refractivity contribution is -0.129. The predicted octanol–water partition coefficient (Wildman–Crippen LogP) is 2.68. The summed E-state index contributed by atoms with van der Waals surface area (Å²) < 4.78 is 0. The molecule has 2 aliphatic rings. The van der Waals surface area contributed by atoms with Crippen LogP contribution in [0.2, 0.25) is 0 Å². The molecule has 4 heteroatoms. The van der Waals surface area contributed by atoms with E-state index >= 15 is 0 Å². The zero-order valence-electron chi connectivity index (χ0n) is 12.3. The molecular formula is C15H28N2OS. The van der Waals surface area contributed by atoms with E-state index < -0.39 is 5.54 Å². The molecule has 2 aliphatic carbocycles. The number of carbonyl (C=O) groups excluding carboxylic acids is 1. The molecule has 0 radical (unpaired) electrons. The first-order chi connectivity index (χ1) is 9.05. The van der Waals surface area contributed by atoms with Crippen LogP contribution < -0.4 is 11.1 Å². The van der Waals surface area contributed by atoms with Gasteiger partial charge in [-0.25, -0.2) is 0 Å². The molecule has 0 aliphatic heterocycles. The Hall–Kier alpha value is -0.220. The van der Waals surface area contributed by atoms with Crippen molar-refractivity contribution in [2.45, 2.75) is 75.1 Å². The fraction of sp³-hybridized carbons (Fsp3) is 0.933. The van der Waals surface area contributed by atoms with Gasteiger partial charge in [-0.1, -0.05) is 32.6 Å². The van der Waals surface area contributed by atoms with Gasteiger partial charge in [-0.05, 0) is 37.9 Å². The minimum absolute atomic E-state index is 0.102. The highest BCUT2D eigenvalue weighted by Crippen LogP contribution is 2.32. The zero-order chi connectivity index (χ0) is 13.9. The van der Waals surface area contributed by atoms with E-state index in [-0.39, 0.29) is 5.91 Å². The summed E-state index contributed by atoms with van der Waals surface area (Å²) in [5.41, 5.74) is 5.77. The predicted molar refractivity (Wildman–Crippen MR) is 82.3 cm³/mol. The van der Waals surface area contributed by atoms with Gasteiger partial charge >= 0.3 is 0 Å². The molecule has 0 bridgehead atoms. The first kappa shape index (κ1) is 15.2. The highest BCUT2D eigenvalue weighted by atomic mass is 32.2. The number of hydrogen-bond donors (Lipinski definition) is 2. The molecule has 2 rings (SSSR count). The van der Waals surface area contributed by atoms with E-state index in [4.69, 9.17) is 5.73 Å². The highest BCUT2D eigenvalue weighted by Gasteiger charge is 2.39. The first-order valence-corrected chi connectivity index (χ1v) is 8.96. The van der Waals surface area contributed by atoms with Gasteiger partial charge in [0.05, 0.1) is 5.54 Å². The highest BCUT2D eigenvalue weighted by molar-refractivity contribution is 7.99. The van der Waals surface area contributed by atoms with Crippen LogP contribution in [0.1, 0.15) is 58.3 Å². The summed E-state index contributed by atoms with van der Waals surface area (Å²) in [5, 5.41) is 3.84. The maximum atomic E-state index is 12.5. The number of thioether (sulfide) groups is 1. The Kier molecular flexibility index (Phi) is 5.18. The minimum atomic E-state index is -0.613. The van der Waals surface area contributed by atoms with E-state index in [1.54, 1.807) is 0 Å². The molecule has 1 amide bonds. The summed E-state index contributed by atoms with van der Waals surface area (Å²) >= 11 is 1.89. The lowest BCUT2D eigenvalue weighted by Gasteiger charge is -2.38. The van der Waals surface area contributed by atoms with Crippen molar-refractivity contribution in [3.05, 3.63) is 0 Å². The maximum Gasteiger partial charge on any atom is 0.240 e. The molecular weight excluding hydrogens is 256 g/mol. The fourth-order valence-electron chi connectivity index (χ4n) is 3.65. The molecule has 19 heavy (non-hydrogen) atoms. The minimum Gasteiger partial charge on any atom is -0.351 e. The Balaban J connectivity index is 1.95. The average molecular weight is 284 g/mol. The van der Waals surface area contributed by atoms with E-state index in [0.717, 1.165) is 25.7 Å². The van der Waals surface area contributed by atoms with Crippen molar-refractivity contribution >= 4 is 17.7 Å². The van der Waals surface area contributed by atoms with Gasteiger partial charge in [-0.3, -0.25) is 4.79 Å². The van der Waals surface area contributed by atoms with E-state index in [1.165, 1.54) is 25.7 Å². The SMILES string of the molecule is CSC1CCCCC1NC(=O)C1(N)CCCC(C)C1. The lowest BCUT2D eigenvalue weighted by Crippen LogP contribution is -2.59. The molecule has 0 spiro atoms. The fourth-order valence-corrected chi connectivity index (χ4v) is 4.59. The van der Waals surface area contributed by atoms with Crippen LogP contribution in [0.3, 0.4) is 0 Å². The number of nitrogens with one attached hydrogen (secondary N) is 1. The molecule has 4 unspecified atom stereocenters. The lowest BCUT2D eigenvalue weighted by atomic mass is 9.76. The van der Waals surface area contributed by atoms with Gasteiger partial charge in [0.25, 0.3) is 0 Å². The molecule has 3 N–H and O–H groups in total. The van der Waals surface area contributed by atoms with E-state index in [1.807, 2.05) is 11.8 Å². The Morgan fingerprint density at radius 2 is 2.00 bits per heavy atom. The van der Waals surface area contributed by atoms with Crippen LogP contribution in [0.5, 0.6) is 0 Å². The number of hydrogen-bond acceptors (Lipinski definition) is 3. The third-order valence-corrected chi connectivity index (χ3v) is 5.98. The molecule has 2 fully saturated rings. The molecule has 3 nitrogen and oxygen atoms in total. The number of nitrogens with two attached hydrogens (primary N) is 1. The summed E-state index contributed by atoms with van der Waals surface area (Å²) in [6.45, 7) is 2.21. The second-order valence-corrected chi connectivity index (χ2v) is 7.57. The van der Waals surface area contributed by atoms with Crippen molar-refractivity contribution in [2.24, 2.45) is 11.7 Å². The van der Waals surface area contributed by atoms with Crippen LogP contribution in [0.4, 0.5) is 0 Å². The van der Waals surface area contributed by atoms with Gasteiger partial charge in [0.1, 0.15) is 0 Å². The van der Waals surface area contributed by atoms with Crippen molar-refractivity contribution in [3.8, 4) is 0 Å². The van der Waals surface area contributed by atoms with Gasteiger partial charge < -0.3 is 11.1 Å². The maximum absolute atomic E-state index is 12.5. The van der Waals surface area contributed by atoms with E-state index in [2.05, 4.69) is 18.5 Å². The number of amides is 1. The Labute approximate surface area is 121 Å². The summed E-state index contributed by atoms with van der Waals surface area (Å²) in [7, 11) is 0. The second-order valence-electron chi connectivity index (χ2n) is 6.50. The van der Waals surface area contributed by atoms with Crippen molar-refractivity contribution in [1.82, 2.24) is 5.32 Å². The summed E-state index contributed by atoms with van der Waals surface area (Å²) in [6, 6.07) is 0.328. The quantitative estimate of drug-likeness (QED) is 0.838. The van der Waals surface area contributed by atoms with Crippen molar-refractivity contribution in [2.75, 3.05) is 6.26 Å². The smallest absolute Gasteiger partial charge is 0.240 e. The standard InChI is InChI=1S/C15H28N2OS/c1-11-6-5-9-15(16,10-11)14(18)17-12-7-3-4-8-13(12)19-2/h11-13H,3-10,16H2,1-2H3,(H,17,18). The van der Waals surface area contributed by atoms with Crippen LogP contribution in [0, 0.1) is 5.92 Å². The normalized spacial score (nSPS) is 39.8. The van der Waals surface area contributed by atoms with Gasteiger partial charge in [0, 0.05) is 11.3 Å². The van der Waals surface area contributed by atoms with Crippen LogP contribution in [0.25, 0.3) is 0 Å². The molecule has 0 aromatic carbocycles. The second kappa shape index (κ2) is 6.49. The van der Waals surface area contributed by atoms with Crippen LogP contribution >= 0.6 is 11.8 Å². The van der Waals surface area contributed by atoms with Gasteiger partial charge in [0.15, 0.2) is 0 Å². The third-order valence-electron chi connectivity index (χ3n) is 4.81. The Morgan fingerprint density at radius 1 is 1.26 bits per heavy atom. The van der Waals surface area contributed by atoms with Crippen LogP contribution in [-0.2, 0) is 4.79 Å².